The third-order valence-electron chi connectivity index (χ3n) is 3.35. The van der Waals surface area contributed by atoms with Crippen molar-refractivity contribution >= 4 is 5.95 Å². The summed E-state index contributed by atoms with van der Waals surface area (Å²) in [5.74, 6) is 0.787. The summed E-state index contributed by atoms with van der Waals surface area (Å²) < 4.78 is 1.98. The van der Waals surface area contributed by atoms with E-state index in [1.807, 2.05) is 17.8 Å². The number of rotatable bonds is 3. The Labute approximate surface area is 112 Å². The van der Waals surface area contributed by atoms with Gasteiger partial charge in [-0.25, -0.2) is 9.97 Å². The maximum atomic E-state index is 4.61. The van der Waals surface area contributed by atoms with Crippen LogP contribution in [0.15, 0.2) is 18.5 Å². The zero-order valence-electron chi connectivity index (χ0n) is 11.5. The molecule has 0 amide bonds. The van der Waals surface area contributed by atoms with Crippen molar-refractivity contribution in [1.82, 2.24) is 24.6 Å². The Morgan fingerprint density at radius 2 is 1.95 bits per heavy atom. The van der Waals surface area contributed by atoms with E-state index in [1.54, 1.807) is 12.4 Å². The van der Waals surface area contributed by atoms with Crippen LogP contribution in [0.3, 0.4) is 0 Å². The highest BCUT2D eigenvalue weighted by atomic mass is 15.3. The molecule has 2 aromatic rings. The summed E-state index contributed by atoms with van der Waals surface area (Å²) in [6.45, 7) is 2.54. The van der Waals surface area contributed by atoms with Crippen LogP contribution in [-0.2, 0) is 26.7 Å². The Bertz CT molecular complexity index is 574. The maximum absolute atomic E-state index is 4.61. The summed E-state index contributed by atoms with van der Waals surface area (Å²) in [5.41, 5.74) is 3.74. The average Bonchev–Trinajstić information content (AvgIpc) is 2.93. The van der Waals surface area contributed by atoms with E-state index in [0.29, 0.717) is 0 Å². The highest BCUT2D eigenvalue weighted by Gasteiger charge is 2.28. The lowest BCUT2D eigenvalue weighted by Crippen LogP contribution is -2.20. The van der Waals surface area contributed by atoms with Crippen molar-refractivity contribution in [3.05, 3.63) is 35.4 Å². The van der Waals surface area contributed by atoms with Gasteiger partial charge in [-0.1, -0.05) is 0 Å². The predicted octanol–water partition coefficient (Wildman–Crippen LogP) is 0.792. The quantitative estimate of drug-likeness (QED) is 0.814. The maximum Gasteiger partial charge on any atom is 0.225 e. The van der Waals surface area contributed by atoms with Gasteiger partial charge in [-0.15, -0.1) is 0 Å². The molecule has 1 aliphatic heterocycles. The van der Waals surface area contributed by atoms with E-state index in [-0.39, 0.29) is 0 Å². The van der Waals surface area contributed by atoms with Crippen LogP contribution >= 0.6 is 0 Å². The van der Waals surface area contributed by atoms with Crippen LogP contribution in [-0.4, -0.2) is 38.7 Å². The van der Waals surface area contributed by atoms with Crippen molar-refractivity contribution in [1.29, 1.82) is 0 Å². The fourth-order valence-corrected chi connectivity index (χ4v) is 2.49. The first-order valence-electron chi connectivity index (χ1n) is 6.35. The monoisotopic (exact) mass is 258 g/mol. The van der Waals surface area contributed by atoms with Crippen molar-refractivity contribution < 1.29 is 0 Å². The van der Waals surface area contributed by atoms with E-state index in [2.05, 4.69) is 39.0 Å². The lowest BCUT2D eigenvalue weighted by molar-refractivity contribution is 0.393. The minimum atomic E-state index is 0.787. The van der Waals surface area contributed by atoms with E-state index in [1.165, 1.54) is 11.3 Å². The van der Waals surface area contributed by atoms with Gasteiger partial charge in [0.05, 0.1) is 24.5 Å². The normalized spacial score (nSPS) is 14.2. The zero-order chi connectivity index (χ0) is 13.4. The molecule has 19 heavy (non-hydrogen) atoms. The molecule has 0 unspecified atom stereocenters. The molecule has 0 spiro atoms. The highest BCUT2D eigenvalue weighted by Crippen LogP contribution is 2.28. The molecule has 1 aliphatic rings. The van der Waals surface area contributed by atoms with Crippen molar-refractivity contribution in [2.45, 2.75) is 19.6 Å². The van der Waals surface area contributed by atoms with Gasteiger partial charge >= 0.3 is 0 Å². The van der Waals surface area contributed by atoms with Gasteiger partial charge in [-0.3, -0.25) is 4.68 Å². The second-order valence-electron chi connectivity index (χ2n) is 5.14. The molecule has 100 valence electrons. The van der Waals surface area contributed by atoms with Gasteiger partial charge in [0.1, 0.15) is 0 Å². The number of aromatic nitrogens is 4. The molecule has 0 saturated heterocycles. The van der Waals surface area contributed by atoms with Crippen LogP contribution in [0, 0.1) is 0 Å². The Morgan fingerprint density at radius 3 is 2.63 bits per heavy atom. The number of fused-ring (bicyclic) bond motifs is 1. The van der Waals surface area contributed by atoms with E-state index < -0.39 is 0 Å². The van der Waals surface area contributed by atoms with E-state index >= 15 is 0 Å². The Hall–Kier alpha value is -1.95. The van der Waals surface area contributed by atoms with Gasteiger partial charge in [-0.2, -0.15) is 5.10 Å². The van der Waals surface area contributed by atoms with Crippen molar-refractivity contribution in [2.75, 3.05) is 19.0 Å². The Morgan fingerprint density at radius 1 is 1.21 bits per heavy atom. The van der Waals surface area contributed by atoms with Gasteiger partial charge < -0.3 is 9.80 Å². The molecule has 0 aliphatic carbocycles. The first kappa shape index (κ1) is 12.1. The molecule has 6 nitrogen and oxygen atoms in total. The summed E-state index contributed by atoms with van der Waals surface area (Å²) in [6.07, 6.45) is 3.56. The van der Waals surface area contributed by atoms with Crippen molar-refractivity contribution in [3.8, 4) is 0 Å². The molecule has 0 N–H and O–H groups in total. The molecule has 3 rings (SSSR count). The van der Waals surface area contributed by atoms with Crippen LogP contribution in [0.4, 0.5) is 5.95 Å². The Balaban J connectivity index is 1.88. The number of aryl methyl sites for hydroxylation is 1. The van der Waals surface area contributed by atoms with Gasteiger partial charge in [0, 0.05) is 31.5 Å². The molecule has 0 fully saturated rings. The van der Waals surface area contributed by atoms with Crippen LogP contribution < -0.4 is 4.90 Å². The minimum Gasteiger partial charge on any atom is -0.330 e. The molecule has 0 bridgehead atoms. The standard InChI is InChI=1S/C13H18N6/c1-17(2)8-11-10-7-19(9-12(10)18(3)16-11)13-14-5-4-6-15-13/h4-6H,7-9H2,1-3H3. The van der Waals surface area contributed by atoms with Crippen LogP contribution in [0.2, 0.25) is 0 Å². The molecular weight excluding hydrogens is 240 g/mol. The second-order valence-corrected chi connectivity index (χ2v) is 5.14. The summed E-state index contributed by atoms with van der Waals surface area (Å²) in [7, 11) is 6.13. The van der Waals surface area contributed by atoms with Gasteiger partial charge in [-0.05, 0) is 20.2 Å². The zero-order valence-corrected chi connectivity index (χ0v) is 11.5. The van der Waals surface area contributed by atoms with Crippen LogP contribution in [0.1, 0.15) is 17.0 Å². The molecule has 6 heteroatoms. The molecule has 3 heterocycles. The molecule has 2 aromatic heterocycles. The summed E-state index contributed by atoms with van der Waals surface area (Å²) in [4.78, 5) is 13.0. The Kier molecular flexibility index (Phi) is 2.94. The summed E-state index contributed by atoms with van der Waals surface area (Å²) in [6, 6.07) is 1.84. The van der Waals surface area contributed by atoms with E-state index in [4.69, 9.17) is 0 Å². The van der Waals surface area contributed by atoms with Gasteiger partial charge in [0.25, 0.3) is 0 Å². The lowest BCUT2D eigenvalue weighted by Gasteiger charge is -2.15. The molecule has 0 radical (unpaired) electrons. The average molecular weight is 258 g/mol. The smallest absolute Gasteiger partial charge is 0.225 e. The fraction of sp³-hybridized carbons (Fsp3) is 0.462. The minimum absolute atomic E-state index is 0.787. The van der Waals surface area contributed by atoms with Crippen LogP contribution in [0.5, 0.6) is 0 Å². The largest absolute Gasteiger partial charge is 0.330 e. The van der Waals surface area contributed by atoms with Crippen molar-refractivity contribution in [2.24, 2.45) is 7.05 Å². The lowest BCUT2D eigenvalue weighted by atomic mass is 10.2. The topological polar surface area (TPSA) is 50.1 Å². The van der Waals surface area contributed by atoms with Crippen molar-refractivity contribution in [3.63, 3.8) is 0 Å². The number of anilines is 1. The third kappa shape index (κ3) is 2.19. The van der Waals surface area contributed by atoms with Gasteiger partial charge in [0.2, 0.25) is 5.95 Å². The summed E-state index contributed by atoms with van der Waals surface area (Å²) >= 11 is 0. The number of hydrogen-bond acceptors (Lipinski definition) is 5. The third-order valence-corrected chi connectivity index (χ3v) is 3.35. The first-order chi connectivity index (χ1) is 9.15. The van der Waals surface area contributed by atoms with E-state index in [9.17, 15) is 0 Å². The first-order valence-corrected chi connectivity index (χ1v) is 6.35. The van der Waals surface area contributed by atoms with Crippen LogP contribution in [0.25, 0.3) is 0 Å². The second kappa shape index (κ2) is 4.62. The predicted molar refractivity (Wildman–Crippen MR) is 72.5 cm³/mol. The van der Waals surface area contributed by atoms with E-state index in [0.717, 1.165) is 31.3 Å². The summed E-state index contributed by atoms with van der Waals surface area (Å²) in [5, 5.41) is 4.61. The molecule has 0 saturated carbocycles. The number of hydrogen-bond donors (Lipinski definition) is 0. The number of nitrogens with zero attached hydrogens (tertiary/aromatic N) is 6. The molecule has 0 aromatic carbocycles. The van der Waals surface area contributed by atoms with Gasteiger partial charge in [0.15, 0.2) is 0 Å². The fourth-order valence-electron chi connectivity index (χ4n) is 2.49. The SMILES string of the molecule is CN(C)Cc1nn(C)c2c1CN(c1ncccn1)C2. The highest BCUT2D eigenvalue weighted by molar-refractivity contribution is 5.42. The molecule has 0 atom stereocenters. The molecular formula is C13H18N6.